The molecular formula is C9H10N2S. The van der Waals surface area contributed by atoms with Gasteiger partial charge in [-0.3, -0.25) is 0 Å². The molecule has 1 heterocycles. The minimum Gasteiger partial charge on any atom is -0.250 e. The molecule has 0 bridgehead atoms. The van der Waals surface area contributed by atoms with Crippen LogP contribution in [0.2, 0.25) is 0 Å². The molecule has 0 aromatic carbocycles. The van der Waals surface area contributed by atoms with E-state index >= 15 is 0 Å². The van der Waals surface area contributed by atoms with Crippen molar-refractivity contribution in [3.63, 3.8) is 0 Å². The second kappa shape index (κ2) is 5.62. The fourth-order valence-electron chi connectivity index (χ4n) is 0.760. The first kappa shape index (κ1) is 9.08. The number of hydrogen-bond acceptors (Lipinski definition) is 3. The van der Waals surface area contributed by atoms with E-state index in [1.54, 1.807) is 18.0 Å². The molecule has 0 fully saturated rings. The average Bonchev–Trinajstić information content (AvgIpc) is 2.14. The van der Waals surface area contributed by atoms with E-state index < -0.39 is 0 Å². The van der Waals surface area contributed by atoms with Gasteiger partial charge in [0.2, 0.25) is 0 Å². The number of hydrogen-bond donors (Lipinski definition) is 0. The van der Waals surface area contributed by atoms with E-state index in [0.717, 1.165) is 17.2 Å². The Labute approximate surface area is 76.6 Å². The molecule has 0 radical (unpaired) electrons. The quantitative estimate of drug-likeness (QED) is 0.525. The van der Waals surface area contributed by atoms with Crippen molar-refractivity contribution in [2.45, 2.75) is 17.9 Å². The van der Waals surface area contributed by atoms with Crippen LogP contribution in [0.25, 0.3) is 0 Å². The van der Waals surface area contributed by atoms with Crippen molar-refractivity contribution in [2.24, 2.45) is 0 Å². The van der Waals surface area contributed by atoms with Crippen LogP contribution in [-0.4, -0.2) is 10.7 Å². The Morgan fingerprint density at radius 1 is 1.50 bits per heavy atom. The average molecular weight is 178 g/mol. The van der Waals surface area contributed by atoms with Crippen molar-refractivity contribution in [1.29, 1.82) is 5.26 Å². The Morgan fingerprint density at radius 2 is 2.42 bits per heavy atom. The predicted octanol–water partition coefficient (Wildman–Crippen LogP) is 2.48. The van der Waals surface area contributed by atoms with Gasteiger partial charge in [-0.15, -0.1) is 11.8 Å². The maximum Gasteiger partial charge on any atom is 0.0959 e. The number of nitriles is 1. The highest BCUT2D eigenvalue weighted by Gasteiger charge is 1.92. The van der Waals surface area contributed by atoms with E-state index in [1.165, 1.54) is 0 Å². The van der Waals surface area contributed by atoms with E-state index in [0.29, 0.717) is 6.42 Å². The molecule has 0 spiro atoms. The van der Waals surface area contributed by atoms with Gasteiger partial charge in [-0.1, -0.05) is 6.07 Å². The van der Waals surface area contributed by atoms with E-state index in [9.17, 15) is 0 Å². The van der Waals surface area contributed by atoms with E-state index in [-0.39, 0.29) is 0 Å². The van der Waals surface area contributed by atoms with Gasteiger partial charge in [0, 0.05) is 18.4 Å². The third-order valence-electron chi connectivity index (χ3n) is 1.32. The fraction of sp³-hybridized carbons (Fsp3) is 0.333. The van der Waals surface area contributed by atoms with Crippen molar-refractivity contribution >= 4 is 11.8 Å². The van der Waals surface area contributed by atoms with Crippen molar-refractivity contribution < 1.29 is 0 Å². The molecular weight excluding hydrogens is 168 g/mol. The second-order valence-corrected chi connectivity index (χ2v) is 3.39. The predicted molar refractivity (Wildman–Crippen MR) is 49.8 cm³/mol. The van der Waals surface area contributed by atoms with Crippen LogP contribution in [0.3, 0.4) is 0 Å². The van der Waals surface area contributed by atoms with Crippen molar-refractivity contribution in [3.8, 4) is 6.07 Å². The Morgan fingerprint density at radius 3 is 3.08 bits per heavy atom. The summed E-state index contributed by atoms with van der Waals surface area (Å²) >= 11 is 1.70. The van der Waals surface area contributed by atoms with Crippen molar-refractivity contribution in [1.82, 2.24) is 4.98 Å². The largest absolute Gasteiger partial charge is 0.250 e. The van der Waals surface area contributed by atoms with Crippen LogP contribution in [-0.2, 0) is 0 Å². The van der Waals surface area contributed by atoms with Gasteiger partial charge in [-0.2, -0.15) is 5.26 Å². The van der Waals surface area contributed by atoms with Gasteiger partial charge in [0.15, 0.2) is 0 Å². The topological polar surface area (TPSA) is 36.7 Å². The molecule has 0 amide bonds. The smallest absolute Gasteiger partial charge is 0.0959 e. The first-order valence-electron chi connectivity index (χ1n) is 3.84. The highest BCUT2D eigenvalue weighted by molar-refractivity contribution is 7.99. The Hall–Kier alpha value is -1.01. The molecule has 0 unspecified atom stereocenters. The zero-order chi connectivity index (χ0) is 8.65. The van der Waals surface area contributed by atoms with E-state index in [1.807, 2.05) is 18.2 Å². The minimum atomic E-state index is 0.639. The second-order valence-electron chi connectivity index (χ2n) is 2.28. The fourth-order valence-corrected chi connectivity index (χ4v) is 1.57. The van der Waals surface area contributed by atoms with Gasteiger partial charge >= 0.3 is 0 Å². The highest BCUT2D eigenvalue weighted by Crippen LogP contribution is 2.15. The summed E-state index contributed by atoms with van der Waals surface area (Å²) in [4.78, 5) is 4.16. The van der Waals surface area contributed by atoms with Gasteiger partial charge < -0.3 is 0 Å². The van der Waals surface area contributed by atoms with Crippen LogP contribution in [0.4, 0.5) is 0 Å². The van der Waals surface area contributed by atoms with Gasteiger partial charge in [0.1, 0.15) is 0 Å². The third-order valence-corrected chi connectivity index (χ3v) is 2.35. The van der Waals surface area contributed by atoms with E-state index in [4.69, 9.17) is 5.26 Å². The summed E-state index contributed by atoms with van der Waals surface area (Å²) in [7, 11) is 0. The number of rotatable bonds is 4. The number of pyridine rings is 1. The Bertz CT molecular complexity index is 253. The molecule has 0 aliphatic rings. The molecule has 62 valence electrons. The van der Waals surface area contributed by atoms with Gasteiger partial charge in [0.05, 0.1) is 11.1 Å². The molecule has 2 nitrogen and oxygen atoms in total. The lowest BCUT2D eigenvalue weighted by Gasteiger charge is -1.96. The maximum atomic E-state index is 8.29. The summed E-state index contributed by atoms with van der Waals surface area (Å²) in [5.41, 5.74) is 0. The monoisotopic (exact) mass is 178 g/mol. The van der Waals surface area contributed by atoms with E-state index in [2.05, 4.69) is 11.1 Å². The number of nitrogens with zero attached hydrogens (tertiary/aromatic N) is 2. The van der Waals surface area contributed by atoms with Crippen LogP contribution in [0.15, 0.2) is 29.4 Å². The Kier molecular flexibility index (Phi) is 4.25. The summed E-state index contributed by atoms with van der Waals surface area (Å²) < 4.78 is 0. The molecule has 12 heavy (non-hydrogen) atoms. The highest BCUT2D eigenvalue weighted by atomic mass is 32.2. The standard InChI is InChI=1S/C9H10N2S/c10-6-2-4-8-12-9-5-1-3-7-11-9/h1,3,5,7H,2,4,8H2. The lowest BCUT2D eigenvalue weighted by Crippen LogP contribution is -1.81. The normalized spacial score (nSPS) is 9.25. The van der Waals surface area contributed by atoms with Gasteiger partial charge in [-0.25, -0.2) is 4.98 Å². The summed E-state index contributed by atoms with van der Waals surface area (Å²) in [6.45, 7) is 0. The van der Waals surface area contributed by atoms with Crippen LogP contribution in [0.5, 0.6) is 0 Å². The summed E-state index contributed by atoms with van der Waals surface area (Å²) in [5.74, 6) is 0.977. The molecule has 0 N–H and O–H groups in total. The Balaban J connectivity index is 2.21. The first-order chi connectivity index (χ1) is 5.93. The summed E-state index contributed by atoms with van der Waals surface area (Å²) in [6, 6.07) is 7.98. The van der Waals surface area contributed by atoms with Crippen LogP contribution in [0.1, 0.15) is 12.8 Å². The molecule has 0 aliphatic heterocycles. The molecule has 0 aliphatic carbocycles. The summed E-state index contributed by atoms with van der Waals surface area (Å²) in [5, 5.41) is 9.33. The van der Waals surface area contributed by atoms with Crippen LogP contribution < -0.4 is 0 Å². The molecule has 0 saturated heterocycles. The van der Waals surface area contributed by atoms with Crippen LogP contribution in [0, 0.1) is 11.3 Å². The first-order valence-corrected chi connectivity index (χ1v) is 4.83. The third kappa shape index (κ3) is 3.40. The lowest BCUT2D eigenvalue weighted by molar-refractivity contribution is 0.977. The van der Waals surface area contributed by atoms with Gasteiger partial charge in [-0.05, 0) is 18.6 Å². The number of thioether (sulfide) groups is 1. The molecule has 0 saturated carbocycles. The van der Waals surface area contributed by atoms with Crippen molar-refractivity contribution in [3.05, 3.63) is 24.4 Å². The maximum absolute atomic E-state index is 8.29. The molecule has 1 aromatic heterocycles. The lowest BCUT2D eigenvalue weighted by atomic mass is 10.4. The van der Waals surface area contributed by atoms with Gasteiger partial charge in [0.25, 0.3) is 0 Å². The number of aromatic nitrogens is 1. The molecule has 1 rings (SSSR count). The zero-order valence-electron chi connectivity index (χ0n) is 6.73. The molecule has 1 aromatic rings. The van der Waals surface area contributed by atoms with Crippen molar-refractivity contribution in [2.75, 3.05) is 5.75 Å². The SMILES string of the molecule is N#CCCCSc1ccccn1. The molecule has 3 heteroatoms. The minimum absolute atomic E-state index is 0.639. The zero-order valence-corrected chi connectivity index (χ0v) is 7.55. The summed E-state index contributed by atoms with van der Waals surface area (Å²) in [6.07, 6.45) is 3.37. The number of unbranched alkanes of at least 4 members (excludes halogenated alkanes) is 1. The van der Waals surface area contributed by atoms with Crippen LogP contribution >= 0.6 is 11.8 Å². The molecule has 0 atom stereocenters.